The minimum Gasteiger partial charge on any atom is -0.440 e. The van der Waals surface area contributed by atoms with Crippen LogP contribution in [-0.4, -0.2) is 26.3 Å². The fraction of sp³-hybridized carbons (Fsp3) is 0.250. The Bertz CT molecular complexity index is 939. The maximum atomic E-state index is 12.2. The Labute approximate surface area is 140 Å². The summed E-state index contributed by atoms with van der Waals surface area (Å²) in [7, 11) is 0. The number of aryl methyl sites for hydroxylation is 1. The van der Waals surface area contributed by atoms with Gasteiger partial charge in [0.1, 0.15) is 5.76 Å². The number of hydrogen-bond donors (Lipinski definition) is 0. The van der Waals surface area contributed by atoms with E-state index in [-0.39, 0.29) is 5.43 Å². The third-order valence-electron chi connectivity index (χ3n) is 4.48. The van der Waals surface area contributed by atoms with Crippen molar-refractivity contribution in [1.29, 1.82) is 0 Å². The summed E-state index contributed by atoms with van der Waals surface area (Å²) in [6.45, 7) is 4.87. The van der Waals surface area contributed by atoms with Crippen LogP contribution in [-0.2, 0) is 4.74 Å². The van der Waals surface area contributed by atoms with Crippen LogP contribution in [0.2, 0.25) is 0 Å². The normalized spacial score (nSPS) is 15.0. The lowest BCUT2D eigenvalue weighted by atomic mass is 9.99. The van der Waals surface area contributed by atoms with Crippen molar-refractivity contribution in [3.63, 3.8) is 0 Å². The molecule has 0 N–H and O–H groups in total. The highest BCUT2D eigenvalue weighted by Gasteiger charge is 2.16. The molecule has 1 aliphatic rings. The average Bonchev–Trinajstić information content (AvgIpc) is 2.62. The summed E-state index contributed by atoms with van der Waals surface area (Å²) >= 11 is 0. The van der Waals surface area contributed by atoms with Crippen molar-refractivity contribution in [2.24, 2.45) is 0 Å². The van der Waals surface area contributed by atoms with E-state index in [0.717, 1.165) is 24.0 Å². The number of morpholine rings is 1. The van der Waals surface area contributed by atoms with Crippen LogP contribution in [0, 0.1) is 6.92 Å². The summed E-state index contributed by atoms with van der Waals surface area (Å²) in [5.74, 6) is 1.23. The zero-order chi connectivity index (χ0) is 16.5. The third kappa shape index (κ3) is 2.69. The SMILES string of the molecule is Cc1ccc(-c2cc(=O)cc(N3CCOCC3)o2)c2ccccc12. The second kappa shape index (κ2) is 6.13. The molecule has 0 bridgehead atoms. The monoisotopic (exact) mass is 321 g/mol. The molecule has 24 heavy (non-hydrogen) atoms. The molecule has 1 aliphatic heterocycles. The molecule has 4 rings (SSSR count). The predicted molar refractivity (Wildman–Crippen MR) is 95.7 cm³/mol. The number of nitrogens with zero attached hydrogens (tertiary/aromatic N) is 1. The highest BCUT2D eigenvalue weighted by atomic mass is 16.5. The summed E-state index contributed by atoms with van der Waals surface area (Å²) in [4.78, 5) is 14.3. The van der Waals surface area contributed by atoms with Crippen LogP contribution in [0.25, 0.3) is 22.1 Å². The molecule has 1 saturated heterocycles. The van der Waals surface area contributed by atoms with Crippen molar-refractivity contribution in [2.75, 3.05) is 31.2 Å². The summed E-state index contributed by atoms with van der Waals surface area (Å²) in [5.41, 5.74) is 2.12. The maximum Gasteiger partial charge on any atom is 0.200 e. The molecule has 1 fully saturated rings. The lowest BCUT2D eigenvalue weighted by Gasteiger charge is -2.27. The van der Waals surface area contributed by atoms with Gasteiger partial charge in [-0.3, -0.25) is 4.79 Å². The number of fused-ring (bicyclic) bond motifs is 1. The van der Waals surface area contributed by atoms with Crippen LogP contribution < -0.4 is 10.3 Å². The summed E-state index contributed by atoms with van der Waals surface area (Å²) in [5, 5.41) is 2.27. The summed E-state index contributed by atoms with van der Waals surface area (Å²) in [6, 6.07) is 15.4. The van der Waals surface area contributed by atoms with Gasteiger partial charge in [-0.2, -0.15) is 0 Å². The van der Waals surface area contributed by atoms with E-state index in [9.17, 15) is 4.79 Å². The Kier molecular flexibility index (Phi) is 3.82. The van der Waals surface area contributed by atoms with E-state index in [0.29, 0.717) is 24.9 Å². The first-order valence-corrected chi connectivity index (χ1v) is 8.19. The van der Waals surface area contributed by atoms with Crippen molar-refractivity contribution in [2.45, 2.75) is 6.92 Å². The van der Waals surface area contributed by atoms with E-state index >= 15 is 0 Å². The van der Waals surface area contributed by atoms with E-state index in [1.54, 1.807) is 12.1 Å². The van der Waals surface area contributed by atoms with Crippen molar-refractivity contribution in [1.82, 2.24) is 0 Å². The maximum absolute atomic E-state index is 12.2. The Morgan fingerprint density at radius 3 is 2.50 bits per heavy atom. The first kappa shape index (κ1) is 15.0. The lowest BCUT2D eigenvalue weighted by Crippen LogP contribution is -2.36. The highest BCUT2D eigenvalue weighted by Crippen LogP contribution is 2.31. The third-order valence-corrected chi connectivity index (χ3v) is 4.48. The predicted octanol–water partition coefficient (Wildman–Crippen LogP) is 3.61. The van der Waals surface area contributed by atoms with Gasteiger partial charge in [-0.15, -0.1) is 0 Å². The molecule has 1 aromatic heterocycles. The fourth-order valence-corrected chi connectivity index (χ4v) is 3.20. The molecule has 0 spiro atoms. The summed E-state index contributed by atoms with van der Waals surface area (Å²) in [6.07, 6.45) is 0. The van der Waals surface area contributed by atoms with Gasteiger partial charge in [0.2, 0.25) is 0 Å². The Morgan fingerprint density at radius 2 is 1.71 bits per heavy atom. The average molecular weight is 321 g/mol. The van der Waals surface area contributed by atoms with Gasteiger partial charge in [0.25, 0.3) is 0 Å². The number of benzene rings is 2. The minimum absolute atomic E-state index is 0.0394. The number of ether oxygens (including phenoxy) is 1. The molecular formula is C20H19NO3. The van der Waals surface area contributed by atoms with Crippen LogP contribution in [0.3, 0.4) is 0 Å². The smallest absolute Gasteiger partial charge is 0.200 e. The van der Waals surface area contributed by atoms with Crippen molar-refractivity contribution in [3.05, 3.63) is 64.3 Å². The zero-order valence-corrected chi connectivity index (χ0v) is 13.6. The first-order chi connectivity index (χ1) is 11.7. The Balaban J connectivity index is 1.87. The lowest BCUT2D eigenvalue weighted by molar-refractivity contribution is 0.120. The van der Waals surface area contributed by atoms with Crippen LogP contribution in [0.4, 0.5) is 5.88 Å². The highest BCUT2D eigenvalue weighted by molar-refractivity contribution is 5.97. The molecule has 122 valence electrons. The van der Waals surface area contributed by atoms with Crippen molar-refractivity contribution in [3.8, 4) is 11.3 Å². The largest absolute Gasteiger partial charge is 0.440 e. The number of rotatable bonds is 2. The van der Waals surface area contributed by atoms with Gasteiger partial charge in [-0.1, -0.05) is 36.4 Å². The standard InChI is InChI=1S/C20H19NO3/c1-14-6-7-18(17-5-3-2-4-16(14)17)19-12-15(22)13-20(24-19)21-8-10-23-11-9-21/h2-7,12-13H,8-11H2,1H3. The van der Waals surface area contributed by atoms with Crippen LogP contribution in [0.15, 0.2) is 57.7 Å². The van der Waals surface area contributed by atoms with E-state index in [1.807, 2.05) is 18.2 Å². The molecule has 0 atom stereocenters. The topological polar surface area (TPSA) is 42.7 Å². The second-order valence-corrected chi connectivity index (χ2v) is 6.07. The van der Waals surface area contributed by atoms with Crippen LogP contribution in [0.5, 0.6) is 0 Å². The molecule has 0 unspecified atom stereocenters. The van der Waals surface area contributed by atoms with Crippen molar-refractivity contribution >= 4 is 16.7 Å². The molecule has 3 aromatic rings. The molecule has 0 saturated carbocycles. The van der Waals surface area contributed by atoms with Gasteiger partial charge in [0.05, 0.1) is 13.2 Å². The molecule has 2 heterocycles. The molecule has 0 radical (unpaired) electrons. The van der Waals surface area contributed by atoms with E-state index in [1.165, 1.54) is 10.9 Å². The second-order valence-electron chi connectivity index (χ2n) is 6.07. The molecule has 4 nitrogen and oxygen atoms in total. The molecule has 0 amide bonds. The van der Waals surface area contributed by atoms with Gasteiger partial charge < -0.3 is 14.1 Å². The van der Waals surface area contributed by atoms with Crippen LogP contribution >= 0.6 is 0 Å². The Morgan fingerprint density at radius 1 is 0.958 bits per heavy atom. The van der Waals surface area contributed by atoms with Gasteiger partial charge in [0.15, 0.2) is 11.3 Å². The van der Waals surface area contributed by atoms with Gasteiger partial charge in [-0.05, 0) is 23.3 Å². The fourth-order valence-electron chi connectivity index (χ4n) is 3.20. The zero-order valence-electron chi connectivity index (χ0n) is 13.6. The Hall–Kier alpha value is -2.59. The van der Waals surface area contributed by atoms with Gasteiger partial charge in [-0.25, -0.2) is 0 Å². The van der Waals surface area contributed by atoms with Gasteiger partial charge >= 0.3 is 0 Å². The van der Waals surface area contributed by atoms with E-state index in [4.69, 9.17) is 9.15 Å². The quantitative estimate of drug-likeness (QED) is 0.723. The summed E-state index contributed by atoms with van der Waals surface area (Å²) < 4.78 is 11.5. The molecule has 4 heteroatoms. The van der Waals surface area contributed by atoms with E-state index in [2.05, 4.69) is 30.0 Å². The minimum atomic E-state index is -0.0394. The van der Waals surface area contributed by atoms with Gasteiger partial charge in [0, 0.05) is 30.8 Å². The number of hydrogen-bond acceptors (Lipinski definition) is 4. The number of anilines is 1. The van der Waals surface area contributed by atoms with E-state index < -0.39 is 0 Å². The molecule has 2 aromatic carbocycles. The first-order valence-electron chi connectivity index (χ1n) is 8.19. The van der Waals surface area contributed by atoms with Crippen molar-refractivity contribution < 1.29 is 9.15 Å². The van der Waals surface area contributed by atoms with Crippen LogP contribution in [0.1, 0.15) is 5.56 Å². The molecular weight excluding hydrogens is 302 g/mol. The molecule has 0 aliphatic carbocycles.